The van der Waals surface area contributed by atoms with Gasteiger partial charge in [0.25, 0.3) is 0 Å². The summed E-state index contributed by atoms with van der Waals surface area (Å²) in [7, 11) is 1.65. The molecule has 12 nitrogen and oxygen atoms in total. The highest BCUT2D eigenvalue weighted by Gasteiger charge is 2.72. The predicted molar refractivity (Wildman–Crippen MR) is 179 cm³/mol. The fourth-order valence-corrected chi connectivity index (χ4v) is 6.37. The minimum absolute atomic E-state index is 0.0419. The Morgan fingerprint density at radius 3 is 2.40 bits per heavy atom. The van der Waals surface area contributed by atoms with Gasteiger partial charge in [0.2, 0.25) is 11.8 Å². The van der Waals surface area contributed by atoms with Gasteiger partial charge in [-0.1, -0.05) is 44.6 Å². The smallest absolute Gasteiger partial charge is 0.407 e. The molecule has 2 heterocycles. The summed E-state index contributed by atoms with van der Waals surface area (Å²) in [5, 5.41) is 8.19. The summed E-state index contributed by atoms with van der Waals surface area (Å²) in [5.41, 5.74) is 1.54. The van der Waals surface area contributed by atoms with Crippen molar-refractivity contribution in [2.45, 2.75) is 110 Å². The quantitative estimate of drug-likeness (QED) is 0.184. The number of ether oxygens (including phenoxy) is 5. The third kappa shape index (κ3) is 9.64. The topological polar surface area (TPSA) is 157 Å². The van der Waals surface area contributed by atoms with E-state index in [0.717, 1.165) is 18.4 Å². The molecule has 2 aliphatic heterocycles. The Labute approximate surface area is 284 Å². The van der Waals surface area contributed by atoms with Gasteiger partial charge in [0, 0.05) is 24.8 Å². The zero-order chi connectivity index (χ0) is 35.3. The predicted octanol–water partition coefficient (Wildman–Crippen LogP) is 4.11. The highest BCUT2D eigenvalue weighted by atomic mass is 16.6. The van der Waals surface area contributed by atoms with E-state index in [9.17, 15) is 19.2 Å². The summed E-state index contributed by atoms with van der Waals surface area (Å²) in [6, 6.07) is 6.42. The van der Waals surface area contributed by atoms with Gasteiger partial charge in [-0.15, -0.1) is 0 Å². The number of Topliss-reactive ketones (excluding diaryl/α,β-unsaturated/α-hetero) is 1. The maximum Gasteiger partial charge on any atom is 0.407 e. The zero-order valence-electron chi connectivity index (χ0n) is 29.6. The van der Waals surface area contributed by atoms with Crippen molar-refractivity contribution < 1.29 is 42.9 Å². The van der Waals surface area contributed by atoms with E-state index in [1.54, 1.807) is 46.9 Å². The van der Waals surface area contributed by atoms with Gasteiger partial charge in [-0.25, -0.2) is 4.79 Å². The molecule has 7 atom stereocenters. The third-order valence-corrected chi connectivity index (χ3v) is 9.47. The molecule has 0 bridgehead atoms. The molecule has 0 aromatic heterocycles. The number of allylic oxidation sites excluding steroid dienone is 1. The normalized spacial score (nSPS) is 28.2. The number of hydrogen-bond donors (Lipinski definition) is 3. The van der Waals surface area contributed by atoms with Crippen molar-refractivity contribution in [3.05, 3.63) is 41.5 Å². The molecule has 4 rings (SSSR count). The van der Waals surface area contributed by atoms with Gasteiger partial charge in [0.05, 0.1) is 18.6 Å². The molecule has 3 N–H and O–H groups in total. The summed E-state index contributed by atoms with van der Waals surface area (Å²) < 4.78 is 29.3. The maximum absolute atomic E-state index is 12.8. The molecule has 1 unspecified atom stereocenters. The fraction of sp³-hybridized carbons (Fsp3) is 0.667. The van der Waals surface area contributed by atoms with Crippen LogP contribution in [0.3, 0.4) is 0 Å². The van der Waals surface area contributed by atoms with Crippen LogP contribution in [-0.4, -0.2) is 92.7 Å². The number of amides is 3. The van der Waals surface area contributed by atoms with Crippen LogP contribution in [0, 0.1) is 11.3 Å². The van der Waals surface area contributed by atoms with E-state index in [1.807, 2.05) is 12.1 Å². The summed E-state index contributed by atoms with van der Waals surface area (Å²) >= 11 is 0. The molecule has 1 aromatic rings. The SMILES string of the molecule is CO[C@@H]1[C@H](OC(=O)NCCc2ccc(NC(=O)[C@H](C)NC(=O)COCC(=O)C(C)(C)C)cc2)CC[C@]2(CO2)[C@H]1[C@@]1(C)OC1CC=C(C)C. The number of anilines is 1. The third-order valence-electron chi connectivity index (χ3n) is 9.47. The maximum atomic E-state index is 12.8. The van der Waals surface area contributed by atoms with Crippen molar-refractivity contribution in [1.82, 2.24) is 10.6 Å². The van der Waals surface area contributed by atoms with E-state index in [0.29, 0.717) is 31.7 Å². The Kier molecular flexibility index (Phi) is 12.1. The highest BCUT2D eigenvalue weighted by Crippen LogP contribution is 2.59. The van der Waals surface area contributed by atoms with Crippen LogP contribution in [0.5, 0.6) is 0 Å². The van der Waals surface area contributed by atoms with Gasteiger partial charge >= 0.3 is 6.09 Å². The zero-order valence-corrected chi connectivity index (χ0v) is 29.6. The Morgan fingerprint density at radius 2 is 1.79 bits per heavy atom. The number of methoxy groups -OCH3 is 1. The van der Waals surface area contributed by atoms with E-state index < -0.39 is 41.1 Å². The van der Waals surface area contributed by atoms with Crippen molar-refractivity contribution in [2.24, 2.45) is 11.3 Å². The second-order valence-corrected chi connectivity index (χ2v) is 14.6. The van der Waals surface area contributed by atoms with Crippen molar-refractivity contribution >= 4 is 29.4 Å². The minimum Gasteiger partial charge on any atom is -0.443 e. The molecule has 266 valence electrons. The van der Waals surface area contributed by atoms with Gasteiger partial charge in [-0.2, -0.15) is 0 Å². The monoisotopic (exact) mass is 671 g/mol. The Bertz CT molecular complexity index is 1350. The fourth-order valence-electron chi connectivity index (χ4n) is 6.37. The van der Waals surface area contributed by atoms with E-state index in [-0.39, 0.29) is 42.7 Å². The average molecular weight is 672 g/mol. The molecule has 2 saturated heterocycles. The molecule has 48 heavy (non-hydrogen) atoms. The largest absolute Gasteiger partial charge is 0.443 e. The second kappa shape index (κ2) is 15.5. The van der Waals surface area contributed by atoms with Crippen LogP contribution in [0.25, 0.3) is 0 Å². The number of epoxide rings is 2. The minimum atomic E-state index is -0.808. The lowest BCUT2D eigenvalue weighted by atomic mass is 9.68. The molecule has 3 amide bonds. The van der Waals surface area contributed by atoms with E-state index >= 15 is 0 Å². The molecule has 3 aliphatic rings. The van der Waals surface area contributed by atoms with E-state index in [2.05, 4.69) is 42.8 Å². The summed E-state index contributed by atoms with van der Waals surface area (Å²) in [6.45, 7) is 13.7. The molecule has 0 radical (unpaired) electrons. The summed E-state index contributed by atoms with van der Waals surface area (Å²) in [5.74, 6) is -1.04. The Morgan fingerprint density at radius 1 is 1.10 bits per heavy atom. The Balaban J connectivity index is 1.18. The number of carbonyl (C=O) groups is 4. The van der Waals surface area contributed by atoms with E-state index in [4.69, 9.17) is 23.7 Å². The van der Waals surface area contributed by atoms with Crippen LogP contribution in [0.1, 0.15) is 73.3 Å². The summed E-state index contributed by atoms with van der Waals surface area (Å²) in [4.78, 5) is 49.5. The van der Waals surface area contributed by atoms with Crippen molar-refractivity contribution in [3.8, 4) is 0 Å². The Hall–Kier alpha value is -3.32. The average Bonchev–Trinajstić information content (AvgIpc) is 3.93. The van der Waals surface area contributed by atoms with Gasteiger partial charge in [0.1, 0.15) is 42.7 Å². The highest BCUT2D eigenvalue weighted by molar-refractivity contribution is 5.97. The first-order valence-corrected chi connectivity index (χ1v) is 16.8. The summed E-state index contributed by atoms with van der Waals surface area (Å²) in [6.07, 6.45) is 3.84. The second-order valence-electron chi connectivity index (χ2n) is 14.6. The standard InChI is InChI=1S/C36H53N3O9/c1-22(2)9-14-28-35(7,48-28)31-30(44-8)26(15-17-36(31)21-46-36)47-33(43)37-18-16-24-10-12-25(13-11-24)39-32(42)23(3)38-29(41)20-45-19-27(40)34(4,5)6/h9-13,23,26,28,30-31H,14-21H2,1-8H3,(H,37,43)(H,38,41)(H,39,42)/t23-,26+,28?,30+,31+,35-,36-/m0/s1. The van der Waals surface area contributed by atoms with Crippen LogP contribution in [0.2, 0.25) is 0 Å². The lowest BCUT2D eigenvalue weighted by molar-refractivity contribution is -0.135. The van der Waals surface area contributed by atoms with Gasteiger partial charge in [-0.05, 0) is 71.1 Å². The lowest BCUT2D eigenvalue weighted by Crippen LogP contribution is -2.56. The number of rotatable bonds is 15. The molecule has 12 heteroatoms. The molecular weight excluding hydrogens is 618 g/mol. The first kappa shape index (κ1) is 37.5. The first-order chi connectivity index (χ1) is 22.6. The lowest BCUT2D eigenvalue weighted by Gasteiger charge is -2.42. The van der Waals surface area contributed by atoms with Gasteiger partial charge in [0.15, 0.2) is 5.78 Å². The number of ketones is 1. The van der Waals surface area contributed by atoms with Crippen LogP contribution in [-0.2, 0) is 44.5 Å². The number of nitrogens with one attached hydrogen (secondary N) is 3. The van der Waals surface area contributed by atoms with Crippen LogP contribution < -0.4 is 16.0 Å². The molecule has 1 aromatic carbocycles. The van der Waals surface area contributed by atoms with Crippen LogP contribution in [0.15, 0.2) is 35.9 Å². The van der Waals surface area contributed by atoms with Crippen molar-refractivity contribution in [1.29, 1.82) is 0 Å². The molecule has 1 aliphatic carbocycles. The number of alkyl carbamates (subject to hydrolysis) is 1. The number of hydrogen-bond acceptors (Lipinski definition) is 9. The van der Waals surface area contributed by atoms with Gasteiger partial charge in [-0.3, -0.25) is 14.4 Å². The van der Waals surface area contributed by atoms with Crippen LogP contribution in [0.4, 0.5) is 10.5 Å². The molecular formula is C36H53N3O9. The number of carbonyl (C=O) groups excluding carboxylic acids is 4. The van der Waals surface area contributed by atoms with Crippen molar-refractivity contribution in [2.75, 3.05) is 38.8 Å². The van der Waals surface area contributed by atoms with Gasteiger partial charge < -0.3 is 39.6 Å². The first-order valence-electron chi connectivity index (χ1n) is 16.8. The van der Waals surface area contributed by atoms with E-state index in [1.165, 1.54) is 5.57 Å². The van der Waals surface area contributed by atoms with Crippen LogP contribution >= 0.6 is 0 Å². The molecule has 3 fully saturated rings. The van der Waals surface area contributed by atoms with Crippen molar-refractivity contribution in [3.63, 3.8) is 0 Å². The number of benzene rings is 1. The molecule has 1 saturated carbocycles. The molecule has 1 spiro atoms.